The van der Waals surface area contributed by atoms with Gasteiger partial charge < -0.3 is 10.1 Å². The van der Waals surface area contributed by atoms with Crippen LogP contribution >= 0.6 is 43.6 Å². The number of ether oxygens (including phenoxy) is 1. The van der Waals surface area contributed by atoms with E-state index in [0.29, 0.717) is 17.1 Å². The quantitative estimate of drug-likeness (QED) is 0.255. The summed E-state index contributed by atoms with van der Waals surface area (Å²) in [7, 11) is 1.57. The van der Waals surface area contributed by atoms with E-state index in [1.165, 1.54) is 5.56 Å². The van der Waals surface area contributed by atoms with E-state index in [-0.39, 0.29) is 12.5 Å². The molecule has 0 aliphatic carbocycles. The molecule has 1 aromatic heterocycles. The number of rotatable bonds is 8. The standard InChI is InChI=1S/C24H20Br2N4O2S/c1-32-21-4-2-3-17(13-21)23(31)27-14-22-28-29-24(30(22)20-11-9-19(26)10-12-20)33-15-16-5-7-18(25)8-6-16/h2-13H,14-15H2,1H3,(H,27,31). The minimum absolute atomic E-state index is 0.205. The number of hydrogen-bond donors (Lipinski definition) is 1. The first kappa shape index (κ1) is 23.5. The van der Waals surface area contributed by atoms with Crippen molar-refractivity contribution in [3.63, 3.8) is 0 Å². The number of benzene rings is 3. The van der Waals surface area contributed by atoms with Gasteiger partial charge in [-0.2, -0.15) is 0 Å². The molecule has 0 aliphatic rings. The number of hydrogen-bond acceptors (Lipinski definition) is 5. The first-order valence-electron chi connectivity index (χ1n) is 10.0. The van der Waals surface area contributed by atoms with Crippen molar-refractivity contribution in [3.8, 4) is 11.4 Å². The van der Waals surface area contributed by atoms with Crippen LogP contribution in [0.2, 0.25) is 0 Å². The first-order chi connectivity index (χ1) is 16.0. The molecule has 3 aromatic carbocycles. The number of methoxy groups -OCH3 is 1. The molecule has 1 N–H and O–H groups in total. The van der Waals surface area contributed by atoms with Crippen LogP contribution in [-0.4, -0.2) is 27.8 Å². The van der Waals surface area contributed by atoms with E-state index < -0.39 is 0 Å². The van der Waals surface area contributed by atoms with Gasteiger partial charge in [0.05, 0.1) is 13.7 Å². The van der Waals surface area contributed by atoms with Crippen LogP contribution in [0.25, 0.3) is 5.69 Å². The van der Waals surface area contributed by atoms with E-state index >= 15 is 0 Å². The maximum absolute atomic E-state index is 12.7. The van der Waals surface area contributed by atoms with Gasteiger partial charge >= 0.3 is 0 Å². The predicted octanol–water partition coefficient (Wildman–Crippen LogP) is 6.02. The second-order valence-electron chi connectivity index (χ2n) is 7.04. The Morgan fingerprint density at radius 3 is 2.39 bits per heavy atom. The Morgan fingerprint density at radius 1 is 1.00 bits per heavy atom. The van der Waals surface area contributed by atoms with E-state index in [9.17, 15) is 4.79 Å². The molecule has 0 atom stereocenters. The van der Waals surface area contributed by atoms with Crippen molar-refractivity contribution in [1.82, 2.24) is 20.1 Å². The van der Waals surface area contributed by atoms with E-state index in [4.69, 9.17) is 4.74 Å². The minimum Gasteiger partial charge on any atom is -0.497 e. The SMILES string of the molecule is COc1cccc(C(=O)NCc2nnc(SCc3ccc(Br)cc3)n2-c2ccc(Br)cc2)c1. The van der Waals surface area contributed by atoms with Gasteiger partial charge in [0.2, 0.25) is 0 Å². The van der Waals surface area contributed by atoms with E-state index in [1.54, 1.807) is 43.1 Å². The Kier molecular flexibility index (Phi) is 7.85. The summed E-state index contributed by atoms with van der Waals surface area (Å²) < 4.78 is 9.21. The average Bonchev–Trinajstić information content (AvgIpc) is 3.25. The molecule has 9 heteroatoms. The van der Waals surface area contributed by atoms with Crippen molar-refractivity contribution in [2.75, 3.05) is 7.11 Å². The Labute approximate surface area is 213 Å². The number of nitrogens with one attached hydrogen (secondary N) is 1. The molecule has 1 heterocycles. The molecule has 6 nitrogen and oxygen atoms in total. The highest BCUT2D eigenvalue weighted by Crippen LogP contribution is 2.27. The number of aromatic nitrogens is 3. The summed E-state index contributed by atoms with van der Waals surface area (Å²) in [6, 6.07) is 23.2. The lowest BCUT2D eigenvalue weighted by atomic mass is 10.2. The summed E-state index contributed by atoms with van der Waals surface area (Å²) in [5.74, 6) is 1.82. The molecule has 168 valence electrons. The highest BCUT2D eigenvalue weighted by atomic mass is 79.9. The maximum Gasteiger partial charge on any atom is 0.251 e. The molecule has 0 unspecified atom stereocenters. The first-order valence-corrected chi connectivity index (χ1v) is 12.6. The van der Waals surface area contributed by atoms with Gasteiger partial charge in [-0.25, -0.2) is 0 Å². The van der Waals surface area contributed by atoms with Gasteiger partial charge in [0.1, 0.15) is 5.75 Å². The van der Waals surface area contributed by atoms with Crippen molar-refractivity contribution in [3.05, 3.63) is 98.7 Å². The Morgan fingerprint density at radius 2 is 1.70 bits per heavy atom. The van der Waals surface area contributed by atoms with Crippen molar-refractivity contribution in [2.45, 2.75) is 17.5 Å². The predicted molar refractivity (Wildman–Crippen MR) is 137 cm³/mol. The second kappa shape index (κ2) is 11.0. The molecular weight excluding hydrogens is 568 g/mol. The molecule has 0 aliphatic heterocycles. The highest BCUT2D eigenvalue weighted by Gasteiger charge is 2.16. The second-order valence-corrected chi connectivity index (χ2v) is 9.81. The molecule has 0 saturated carbocycles. The number of carbonyl (C=O) groups is 1. The Hall–Kier alpha value is -2.62. The maximum atomic E-state index is 12.7. The molecule has 0 bridgehead atoms. The van der Waals surface area contributed by atoms with Crippen LogP contribution in [0, 0.1) is 0 Å². The zero-order chi connectivity index (χ0) is 23.2. The molecule has 4 rings (SSSR count). The fraction of sp³-hybridized carbons (Fsp3) is 0.125. The van der Waals surface area contributed by atoms with Gasteiger partial charge in [-0.3, -0.25) is 9.36 Å². The molecular formula is C24H20Br2N4O2S. The third kappa shape index (κ3) is 6.04. The van der Waals surface area contributed by atoms with Gasteiger partial charge in [-0.05, 0) is 60.2 Å². The molecule has 33 heavy (non-hydrogen) atoms. The van der Waals surface area contributed by atoms with Crippen molar-refractivity contribution >= 4 is 49.5 Å². The van der Waals surface area contributed by atoms with Gasteiger partial charge in [-0.1, -0.05) is 61.8 Å². The highest BCUT2D eigenvalue weighted by molar-refractivity contribution is 9.10. The monoisotopic (exact) mass is 586 g/mol. The zero-order valence-corrected chi connectivity index (χ0v) is 21.7. The summed E-state index contributed by atoms with van der Waals surface area (Å²) in [6.45, 7) is 0.234. The molecule has 0 fully saturated rings. The van der Waals surface area contributed by atoms with Crippen LogP contribution in [0.5, 0.6) is 5.75 Å². The van der Waals surface area contributed by atoms with Crippen molar-refractivity contribution < 1.29 is 9.53 Å². The molecule has 0 spiro atoms. The molecule has 1 amide bonds. The third-order valence-electron chi connectivity index (χ3n) is 4.81. The van der Waals surface area contributed by atoms with E-state index in [2.05, 4.69) is 59.5 Å². The van der Waals surface area contributed by atoms with Crippen molar-refractivity contribution in [1.29, 1.82) is 0 Å². The lowest BCUT2D eigenvalue weighted by Gasteiger charge is -2.11. The van der Waals surface area contributed by atoms with Gasteiger partial charge in [0.15, 0.2) is 11.0 Å². The van der Waals surface area contributed by atoms with Crippen LogP contribution in [0.1, 0.15) is 21.7 Å². The third-order valence-corrected chi connectivity index (χ3v) is 6.86. The van der Waals surface area contributed by atoms with Gasteiger partial charge in [-0.15, -0.1) is 10.2 Å². The number of nitrogens with zero attached hydrogens (tertiary/aromatic N) is 3. The fourth-order valence-electron chi connectivity index (χ4n) is 3.11. The zero-order valence-electron chi connectivity index (χ0n) is 17.7. The molecule has 0 saturated heterocycles. The topological polar surface area (TPSA) is 69.0 Å². The summed E-state index contributed by atoms with van der Waals surface area (Å²) in [4.78, 5) is 12.7. The summed E-state index contributed by atoms with van der Waals surface area (Å²) in [6.07, 6.45) is 0. The van der Waals surface area contributed by atoms with Crippen LogP contribution < -0.4 is 10.1 Å². The lowest BCUT2D eigenvalue weighted by molar-refractivity contribution is 0.0949. The number of halogens is 2. The van der Waals surface area contributed by atoms with Gasteiger partial charge in [0.25, 0.3) is 5.91 Å². The Balaban J connectivity index is 1.55. The normalized spacial score (nSPS) is 10.8. The largest absolute Gasteiger partial charge is 0.497 e. The summed E-state index contributed by atoms with van der Waals surface area (Å²) >= 11 is 8.55. The molecule has 0 radical (unpaired) electrons. The van der Waals surface area contributed by atoms with Crippen LogP contribution in [0.4, 0.5) is 0 Å². The van der Waals surface area contributed by atoms with E-state index in [1.807, 2.05) is 41.0 Å². The van der Waals surface area contributed by atoms with Crippen LogP contribution in [0.3, 0.4) is 0 Å². The van der Waals surface area contributed by atoms with Crippen LogP contribution in [-0.2, 0) is 12.3 Å². The van der Waals surface area contributed by atoms with Crippen molar-refractivity contribution in [2.24, 2.45) is 0 Å². The smallest absolute Gasteiger partial charge is 0.251 e. The number of carbonyl (C=O) groups excluding carboxylic acids is 1. The summed E-state index contributed by atoms with van der Waals surface area (Å²) in [5.41, 5.74) is 2.63. The minimum atomic E-state index is -0.205. The number of thioether (sulfide) groups is 1. The number of amides is 1. The van der Waals surface area contributed by atoms with E-state index in [0.717, 1.165) is 25.5 Å². The fourth-order valence-corrected chi connectivity index (χ4v) is 4.57. The van der Waals surface area contributed by atoms with Crippen LogP contribution in [0.15, 0.2) is 86.9 Å². The summed E-state index contributed by atoms with van der Waals surface area (Å²) in [5, 5.41) is 12.5. The lowest BCUT2D eigenvalue weighted by Crippen LogP contribution is -2.24. The molecule has 4 aromatic rings. The average molecular weight is 588 g/mol. The Bertz CT molecular complexity index is 1240. The van der Waals surface area contributed by atoms with Gasteiger partial charge in [0, 0.05) is 25.9 Å².